The topological polar surface area (TPSA) is 58.6 Å². The van der Waals surface area contributed by atoms with Crippen LogP contribution >= 0.6 is 0 Å². The number of aliphatic hydroxyl groups excluding tert-OH is 1. The minimum atomic E-state index is -0.741. The molecule has 2 atom stereocenters. The molecule has 0 spiro atoms. The molecule has 0 bridgehead atoms. The Hall–Kier alpha value is -1.81. The third kappa shape index (κ3) is 5.10. The van der Waals surface area contributed by atoms with E-state index in [1.807, 2.05) is 19.1 Å². The van der Waals surface area contributed by atoms with Gasteiger partial charge in [0.15, 0.2) is 0 Å². The van der Waals surface area contributed by atoms with Gasteiger partial charge in [0.1, 0.15) is 5.75 Å². The molecule has 4 heteroatoms. The van der Waals surface area contributed by atoms with Crippen LogP contribution in [0.25, 0.3) is 0 Å². The summed E-state index contributed by atoms with van der Waals surface area (Å²) in [5, 5.41) is 13.2. The van der Waals surface area contributed by atoms with Gasteiger partial charge in [0, 0.05) is 6.08 Å². The van der Waals surface area contributed by atoms with E-state index in [9.17, 15) is 9.90 Å². The maximum absolute atomic E-state index is 12.1. The van der Waals surface area contributed by atoms with Crippen molar-refractivity contribution >= 4 is 5.91 Å². The molecule has 1 amide bonds. The zero-order chi connectivity index (χ0) is 16.8. The lowest BCUT2D eigenvalue weighted by atomic mass is 9.87. The lowest BCUT2D eigenvalue weighted by Gasteiger charge is -2.22. The van der Waals surface area contributed by atoms with Crippen LogP contribution in [0.3, 0.4) is 0 Å². The molecule has 1 aromatic rings. The third-order valence-electron chi connectivity index (χ3n) is 4.55. The molecular formula is C19H27NO3. The highest BCUT2D eigenvalue weighted by Crippen LogP contribution is 2.27. The number of nitrogens with one attached hydrogen (secondary N) is 1. The van der Waals surface area contributed by atoms with Crippen LogP contribution < -0.4 is 10.1 Å². The van der Waals surface area contributed by atoms with Gasteiger partial charge in [-0.3, -0.25) is 4.79 Å². The van der Waals surface area contributed by atoms with E-state index in [1.54, 1.807) is 25.3 Å². The van der Waals surface area contributed by atoms with E-state index in [1.165, 1.54) is 5.57 Å². The number of carbonyl (C=O) groups excluding carboxylic acids is 1. The van der Waals surface area contributed by atoms with Gasteiger partial charge >= 0.3 is 0 Å². The first-order chi connectivity index (χ1) is 11.0. The predicted octanol–water partition coefficient (Wildman–Crippen LogP) is 3.37. The van der Waals surface area contributed by atoms with Gasteiger partial charge in [-0.2, -0.15) is 0 Å². The zero-order valence-electron chi connectivity index (χ0n) is 14.2. The van der Waals surface area contributed by atoms with Gasteiger partial charge in [-0.15, -0.1) is 0 Å². The van der Waals surface area contributed by atoms with Crippen molar-refractivity contribution in [1.29, 1.82) is 0 Å². The average molecular weight is 317 g/mol. The first-order valence-electron chi connectivity index (χ1n) is 8.31. The molecule has 2 unspecified atom stereocenters. The summed E-state index contributed by atoms with van der Waals surface area (Å²) >= 11 is 0. The highest BCUT2D eigenvalue weighted by Gasteiger charge is 2.19. The van der Waals surface area contributed by atoms with E-state index in [-0.39, 0.29) is 11.9 Å². The number of hydrogen-bond donors (Lipinski definition) is 2. The van der Waals surface area contributed by atoms with Crippen molar-refractivity contribution in [1.82, 2.24) is 5.32 Å². The van der Waals surface area contributed by atoms with Crippen molar-refractivity contribution in [2.24, 2.45) is 5.92 Å². The molecule has 2 rings (SSSR count). The third-order valence-corrected chi connectivity index (χ3v) is 4.55. The quantitative estimate of drug-likeness (QED) is 0.819. The van der Waals surface area contributed by atoms with Gasteiger partial charge in [-0.05, 0) is 56.2 Å². The van der Waals surface area contributed by atoms with Gasteiger partial charge in [0.2, 0.25) is 5.91 Å². The Morgan fingerprint density at radius 1 is 1.30 bits per heavy atom. The molecule has 23 heavy (non-hydrogen) atoms. The van der Waals surface area contributed by atoms with E-state index in [4.69, 9.17) is 4.74 Å². The molecule has 1 aliphatic carbocycles. The van der Waals surface area contributed by atoms with Crippen LogP contribution in [0.15, 0.2) is 35.9 Å². The minimum Gasteiger partial charge on any atom is -0.497 e. The van der Waals surface area contributed by atoms with Crippen LogP contribution in [0, 0.1) is 5.92 Å². The zero-order valence-corrected chi connectivity index (χ0v) is 14.2. The lowest BCUT2D eigenvalue weighted by Crippen LogP contribution is -2.36. The fourth-order valence-corrected chi connectivity index (χ4v) is 2.90. The summed E-state index contributed by atoms with van der Waals surface area (Å²) in [4.78, 5) is 12.1. The van der Waals surface area contributed by atoms with Crippen LogP contribution in [0.5, 0.6) is 5.75 Å². The summed E-state index contributed by atoms with van der Waals surface area (Å²) < 4.78 is 5.11. The Morgan fingerprint density at radius 3 is 2.48 bits per heavy atom. The number of benzene rings is 1. The van der Waals surface area contributed by atoms with Crippen molar-refractivity contribution in [2.75, 3.05) is 7.11 Å². The first-order valence-corrected chi connectivity index (χ1v) is 8.31. The molecule has 1 aromatic carbocycles. The number of ether oxygens (including phenoxy) is 1. The lowest BCUT2D eigenvalue weighted by molar-refractivity contribution is -0.117. The average Bonchev–Trinajstić information content (AvgIpc) is 2.56. The van der Waals surface area contributed by atoms with Crippen LogP contribution in [0.1, 0.15) is 51.2 Å². The number of rotatable bonds is 5. The molecule has 0 aliphatic heterocycles. The Kier molecular flexibility index (Phi) is 6.22. The molecule has 2 N–H and O–H groups in total. The minimum absolute atomic E-state index is 0.116. The standard InChI is InChI=1S/C19H27NO3/c1-13-4-6-15(7-5-13)12-18(21)20-14(2)19(22)16-8-10-17(23-3)11-9-16/h8-14,19,22H,4-7H2,1-3H3,(H,20,21). The number of allylic oxidation sites excluding steroid dienone is 1. The summed E-state index contributed by atoms with van der Waals surface area (Å²) in [6.45, 7) is 4.07. The fourth-order valence-electron chi connectivity index (χ4n) is 2.90. The van der Waals surface area contributed by atoms with E-state index in [2.05, 4.69) is 12.2 Å². The summed E-state index contributed by atoms with van der Waals surface area (Å²) in [7, 11) is 1.60. The summed E-state index contributed by atoms with van der Waals surface area (Å²) in [5.74, 6) is 1.38. The number of methoxy groups -OCH3 is 1. The highest BCUT2D eigenvalue weighted by atomic mass is 16.5. The van der Waals surface area contributed by atoms with E-state index in [0.717, 1.165) is 42.9 Å². The van der Waals surface area contributed by atoms with Gasteiger partial charge in [-0.25, -0.2) is 0 Å². The van der Waals surface area contributed by atoms with Crippen molar-refractivity contribution in [3.05, 3.63) is 41.5 Å². The van der Waals surface area contributed by atoms with Gasteiger partial charge in [0.05, 0.1) is 19.3 Å². The van der Waals surface area contributed by atoms with E-state index >= 15 is 0 Å². The molecule has 0 saturated heterocycles. The smallest absolute Gasteiger partial charge is 0.244 e. The Balaban J connectivity index is 1.90. The Morgan fingerprint density at radius 2 is 1.91 bits per heavy atom. The number of hydrogen-bond acceptors (Lipinski definition) is 3. The molecule has 1 fully saturated rings. The summed E-state index contributed by atoms with van der Waals surface area (Å²) in [6, 6.07) is 6.88. The first kappa shape index (κ1) is 17.5. The molecule has 1 aliphatic rings. The monoisotopic (exact) mass is 317 g/mol. The van der Waals surface area contributed by atoms with Crippen LogP contribution in [-0.4, -0.2) is 24.2 Å². The molecule has 126 valence electrons. The van der Waals surface area contributed by atoms with Crippen molar-refractivity contribution in [3.63, 3.8) is 0 Å². The van der Waals surface area contributed by atoms with Crippen LogP contribution in [-0.2, 0) is 4.79 Å². The molecule has 4 nitrogen and oxygen atoms in total. The van der Waals surface area contributed by atoms with E-state index in [0.29, 0.717) is 0 Å². The van der Waals surface area contributed by atoms with Crippen molar-refractivity contribution in [2.45, 2.75) is 51.7 Å². The molecule has 0 aromatic heterocycles. The normalized spacial score (nSPS) is 20.5. The predicted molar refractivity (Wildman–Crippen MR) is 91.3 cm³/mol. The second-order valence-corrected chi connectivity index (χ2v) is 6.50. The van der Waals surface area contributed by atoms with Crippen LogP contribution in [0.4, 0.5) is 0 Å². The highest BCUT2D eigenvalue weighted by molar-refractivity contribution is 5.88. The van der Waals surface area contributed by atoms with E-state index < -0.39 is 6.10 Å². The van der Waals surface area contributed by atoms with Gasteiger partial charge in [-0.1, -0.05) is 24.6 Å². The van der Waals surface area contributed by atoms with Crippen LogP contribution in [0.2, 0.25) is 0 Å². The summed E-state index contributed by atoms with van der Waals surface area (Å²) in [6.07, 6.45) is 5.29. The summed E-state index contributed by atoms with van der Waals surface area (Å²) in [5.41, 5.74) is 1.98. The van der Waals surface area contributed by atoms with Crippen molar-refractivity contribution in [3.8, 4) is 5.75 Å². The maximum atomic E-state index is 12.1. The SMILES string of the molecule is COc1ccc(C(O)C(C)NC(=O)C=C2CCC(C)CC2)cc1. The molecule has 0 heterocycles. The second-order valence-electron chi connectivity index (χ2n) is 6.50. The Labute approximate surface area is 138 Å². The van der Waals surface area contributed by atoms with Gasteiger partial charge in [0.25, 0.3) is 0 Å². The molecule has 0 radical (unpaired) electrons. The largest absolute Gasteiger partial charge is 0.497 e. The number of aliphatic hydroxyl groups is 1. The molecular weight excluding hydrogens is 290 g/mol. The fraction of sp³-hybridized carbons (Fsp3) is 0.526. The van der Waals surface area contributed by atoms with Crippen molar-refractivity contribution < 1.29 is 14.6 Å². The van der Waals surface area contributed by atoms with Gasteiger partial charge < -0.3 is 15.2 Å². The number of amides is 1. The Bertz CT molecular complexity index is 540. The maximum Gasteiger partial charge on any atom is 0.244 e. The second kappa shape index (κ2) is 8.16. The molecule has 1 saturated carbocycles. The number of carbonyl (C=O) groups is 1.